The van der Waals surface area contributed by atoms with Crippen LogP contribution in [0.4, 0.5) is 0 Å². The second kappa shape index (κ2) is 12.5. The fraction of sp³-hybridized carbons (Fsp3) is 0.632. The Balaban J connectivity index is 1.99. The Bertz CT molecular complexity index is 392. The summed E-state index contributed by atoms with van der Waals surface area (Å²) < 4.78 is 5.24. The molecule has 0 saturated carbocycles. The molecule has 1 rings (SSSR count). The molecule has 0 aliphatic rings. The Morgan fingerprint density at radius 1 is 1.00 bits per heavy atom. The van der Waals surface area contributed by atoms with Crippen molar-refractivity contribution < 1.29 is 9.53 Å². The van der Waals surface area contributed by atoms with Gasteiger partial charge in [-0.15, -0.1) is 11.6 Å². The quantitative estimate of drug-likeness (QED) is 0.268. The zero-order valence-electron chi connectivity index (χ0n) is 13.7. The smallest absolute Gasteiger partial charge is 0.338 e. The molecular weight excluding hydrogens is 296 g/mol. The molecule has 0 aliphatic carbocycles. The second-order valence-electron chi connectivity index (χ2n) is 5.83. The molecule has 1 aromatic carbocycles. The van der Waals surface area contributed by atoms with Crippen molar-refractivity contribution in [2.75, 3.05) is 6.61 Å². The number of hydrogen-bond donors (Lipinski definition) is 0. The number of carbonyl (C=O) groups is 1. The van der Waals surface area contributed by atoms with Crippen LogP contribution in [-0.4, -0.2) is 18.0 Å². The maximum absolute atomic E-state index is 11.8. The van der Waals surface area contributed by atoms with Crippen LogP contribution in [0.5, 0.6) is 0 Å². The largest absolute Gasteiger partial charge is 0.461 e. The van der Waals surface area contributed by atoms with Gasteiger partial charge in [0.1, 0.15) is 6.61 Å². The lowest BCUT2D eigenvalue weighted by Gasteiger charge is -2.10. The van der Waals surface area contributed by atoms with E-state index in [1.54, 1.807) is 12.1 Å². The second-order valence-corrected chi connectivity index (χ2v) is 6.44. The molecule has 0 amide bonds. The molecule has 0 N–H and O–H groups in total. The number of unbranched alkanes of at least 4 members (excludes halogenated alkanes) is 7. The predicted molar refractivity (Wildman–Crippen MR) is 93.6 cm³/mol. The molecule has 0 spiro atoms. The van der Waals surface area contributed by atoms with Gasteiger partial charge in [-0.1, -0.05) is 76.5 Å². The van der Waals surface area contributed by atoms with Gasteiger partial charge in [0, 0.05) is 0 Å². The average Bonchev–Trinajstić information content (AvgIpc) is 2.56. The minimum absolute atomic E-state index is 0.0762. The monoisotopic (exact) mass is 324 g/mol. The van der Waals surface area contributed by atoms with E-state index in [9.17, 15) is 4.79 Å². The number of ether oxygens (including phenoxy) is 1. The van der Waals surface area contributed by atoms with Gasteiger partial charge in [-0.3, -0.25) is 0 Å². The minimum atomic E-state index is -0.290. The number of benzene rings is 1. The lowest BCUT2D eigenvalue weighted by atomic mass is 10.1. The van der Waals surface area contributed by atoms with Crippen molar-refractivity contribution in [2.45, 2.75) is 70.1 Å². The first kappa shape index (κ1) is 19.0. The summed E-state index contributed by atoms with van der Waals surface area (Å²) in [5.74, 6) is -0.290. The normalized spacial score (nSPS) is 12.1. The number of rotatable bonds is 12. The van der Waals surface area contributed by atoms with Gasteiger partial charge in [0.05, 0.1) is 10.9 Å². The first-order valence-corrected chi connectivity index (χ1v) is 9.04. The van der Waals surface area contributed by atoms with Crippen LogP contribution < -0.4 is 0 Å². The lowest BCUT2D eigenvalue weighted by Crippen LogP contribution is -2.14. The van der Waals surface area contributed by atoms with E-state index in [-0.39, 0.29) is 11.3 Å². The van der Waals surface area contributed by atoms with E-state index >= 15 is 0 Å². The Labute approximate surface area is 140 Å². The van der Waals surface area contributed by atoms with Crippen LogP contribution >= 0.6 is 11.6 Å². The zero-order chi connectivity index (χ0) is 16.0. The Kier molecular flexibility index (Phi) is 10.8. The maximum Gasteiger partial charge on any atom is 0.338 e. The highest BCUT2D eigenvalue weighted by Crippen LogP contribution is 2.13. The van der Waals surface area contributed by atoms with Crippen molar-refractivity contribution >= 4 is 17.6 Å². The summed E-state index contributed by atoms with van der Waals surface area (Å²) in [6.07, 6.45) is 11.3. The highest BCUT2D eigenvalue weighted by molar-refractivity contribution is 6.20. The molecule has 2 nitrogen and oxygen atoms in total. The van der Waals surface area contributed by atoms with Crippen LogP contribution in [0.3, 0.4) is 0 Å². The average molecular weight is 325 g/mol. The number of carbonyl (C=O) groups excluding carboxylic acids is 1. The third kappa shape index (κ3) is 9.09. The Morgan fingerprint density at radius 3 is 2.23 bits per heavy atom. The first-order valence-electron chi connectivity index (χ1n) is 8.60. The highest BCUT2D eigenvalue weighted by atomic mass is 35.5. The van der Waals surface area contributed by atoms with Crippen LogP contribution in [0.25, 0.3) is 0 Å². The SMILES string of the molecule is CCCCCCCCCCC(Cl)COC(=O)c1ccccc1. The summed E-state index contributed by atoms with van der Waals surface area (Å²) in [6.45, 7) is 2.54. The molecule has 1 aromatic rings. The van der Waals surface area contributed by atoms with Gasteiger partial charge in [-0.25, -0.2) is 4.79 Å². The molecule has 0 bridgehead atoms. The molecule has 0 radical (unpaired) electrons. The van der Waals surface area contributed by atoms with Crippen LogP contribution in [0.2, 0.25) is 0 Å². The topological polar surface area (TPSA) is 26.3 Å². The molecule has 3 heteroatoms. The van der Waals surface area contributed by atoms with Gasteiger partial charge in [-0.05, 0) is 18.6 Å². The molecule has 0 saturated heterocycles. The van der Waals surface area contributed by atoms with Gasteiger partial charge in [0.15, 0.2) is 0 Å². The minimum Gasteiger partial charge on any atom is -0.461 e. The van der Waals surface area contributed by atoms with Crippen LogP contribution in [0.1, 0.15) is 75.1 Å². The van der Waals surface area contributed by atoms with Gasteiger partial charge in [0.2, 0.25) is 0 Å². The zero-order valence-corrected chi connectivity index (χ0v) is 14.5. The maximum atomic E-state index is 11.8. The van der Waals surface area contributed by atoms with E-state index in [4.69, 9.17) is 16.3 Å². The van der Waals surface area contributed by atoms with E-state index in [1.165, 1.54) is 44.9 Å². The number of esters is 1. The third-order valence-corrected chi connectivity index (χ3v) is 4.12. The van der Waals surface area contributed by atoms with Crippen molar-refractivity contribution in [1.82, 2.24) is 0 Å². The molecule has 1 unspecified atom stereocenters. The van der Waals surface area contributed by atoms with Crippen molar-refractivity contribution in [2.24, 2.45) is 0 Å². The molecule has 0 aromatic heterocycles. The summed E-state index contributed by atoms with van der Waals surface area (Å²) in [4.78, 5) is 11.8. The highest BCUT2D eigenvalue weighted by Gasteiger charge is 2.10. The number of halogens is 1. The van der Waals surface area contributed by atoms with E-state index in [2.05, 4.69) is 6.92 Å². The van der Waals surface area contributed by atoms with Crippen LogP contribution in [-0.2, 0) is 4.74 Å². The summed E-state index contributed by atoms with van der Waals surface area (Å²) in [5.41, 5.74) is 0.582. The fourth-order valence-corrected chi connectivity index (χ4v) is 2.62. The number of hydrogen-bond acceptors (Lipinski definition) is 2. The van der Waals surface area contributed by atoms with Gasteiger partial charge < -0.3 is 4.74 Å². The van der Waals surface area contributed by atoms with Crippen LogP contribution in [0.15, 0.2) is 30.3 Å². The molecule has 22 heavy (non-hydrogen) atoms. The lowest BCUT2D eigenvalue weighted by molar-refractivity contribution is 0.0501. The first-order chi connectivity index (χ1) is 10.7. The van der Waals surface area contributed by atoms with Gasteiger partial charge in [0.25, 0.3) is 0 Å². The Hall–Kier alpha value is -1.02. The van der Waals surface area contributed by atoms with E-state index in [1.807, 2.05) is 18.2 Å². The van der Waals surface area contributed by atoms with E-state index < -0.39 is 0 Å². The van der Waals surface area contributed by atoms with Crippen molar-refractivity contribution in [3.63, 3.8) is 0 Å². The number of alkyl halides is 1. The van der Waals surface area contributed by atoms with E-state index in [0.29, 0.717) is 12.2 Å². The predicted octanol–water partition coefficient (Wildman–Crippen LogP) is 5.98. The van der Waals surface area contributed by atoms with Crippen molar-refractivity contribution in [1.29, 1.82) is 0 Å². The summed E-state index contributed by atoms with van der Waals surface area (Å²) >= 11 is 6.22. The summed E-state index contributed by atoms with van der Waals surface area (Å²) in [5, 5.41) is -0.0762. The van der Waals surface area contributed by atoms with Gasteiger partial charge in [-0.2, -0.15) is 0 Å². The van der Waals surface area contributed by atoms with Gasteiger partial charge >= 0.3 is 5.97 Å². The van der Waals surface area contributed by atoms with E-state index in [0.717, 1.165) is 12.8 Å². The Morgan fingerprint density at radius 2 is 1.59 bits per heavy atom. The van der Waals surface area contributed by atoms with Crippen LogP contribution in [0, 0.1) is 0 Å². The molecule has 124 valence electrons. The molecule has 1 atom stereocenters. The standard InChI is InChI=1S/C19H29ClO2/c1-2-3-4-5-6-7-8-12-15-18(20)16-22-19(21)17-13-10-9-11-14-17/h9-11,13-14,18H,2-8,12,15-16H2,1H3. The molecule has 0 fully saturated rings. The molecule has 0 aliphatic heterocycles. The van der Waals surface area contributed by atoms with Crippen molar-refractivity contribution in [3.8, 4) is 0 Å². The van der Waals surface area contributed by atoms with Crippen molar-refractivity contribution in [3.05, 3.63) is 35.9 Å². The fourth-order valence-electron chi connectivity index (χ4n) is 2.41. The molecular formula is C19H29ClO2. The summed E-state index contributed by atoms with van der Waals surface area (Å²) in [6, 6.07) is 9.04. The summed E-state index contributed by atoms with van der Waals surface area (Å²) in [7, 11) is 0. The molecule has 0 heterocycles. The third-order valence-electron chi connectivity index (χ3n) is 3.78.